The van der Waals surface area contributed by atoms with E-state index in [0.29, 0.717) is 12.8 Å². The van der Waals surface area contributed by atoms with Crippen molar-refractivity contribution >= 4 is 11.8 Å². The minimum absolute atomic E-state index is 0.00231. The van der Waals surface area contributed by atoms with E-state index in [2.05, 4.69) is 15.1 Å². The third-order valence-electron chi connectivity index (χ3n) is 4.81. The van der Waals surface area contributed by atoms with Crippen LogP contribution in [0.5, 0.6) is 0 Å². The van der Waals surface area contributed by atoms with E-state index in [9.17, 15) is 9.59 Å². The Bertz CT molecular complexity index is 404. The van der Waals surface area contributed by atoms with Crippen molar-refractivity contribution in [1.29, 1.82) is 0 Å². The van der Waals surface area contributed by atoms with Gasteiger partial charge in [-0.15, -0.1) is 0 Å². The van der Waals surface area contributed by atoms with Crippen molar-refractivity contribution in [2.75, 3.05) is 65.6 Å². The third-order valence-corrected chi connectivity index (χ3v) is 4.81. The molecule has 124 valence electrons. The molecular formula is C15H26N4O3. The number of morpholine rings is 1. The molecule has 0 aromatic heterocycles. The van der Waals surface area contributed by atoms with Gasteiger partial charge in [0.05, 0.1) is 13.2 Å². The number of carbonyl (C=O) groups excluding carboxylic acids is 2. The second kappa shape index (κ2) is 7.39. The lowest BCUT2D eigenvalue weighted by atomic mass is 10.2. The summed E-state index contributed by atoms with van der Waals surface area (Å²) in [6, 6.07) is -0.285. The van der Waals surface area contributed by atoms with E-state index < -0.39 is 0 Å². The van der Waals surface area contributed by atoms with Crippen LogP contribution in [0.1, 0.15) is 12.8 Å². The standard InChI is InChI=1S/C15H26N4O3/c20-14-2-1-13(16-14)15(21)19-7-5-17(6-8-19)3-4-18-9-11-22-12-10-18/h13H,1-12H2,(H,16,20). The van der Waals surface area contributed by atoms with Crippen molar-refractivity contribution in [2.24, 2.45) is 0 Å². The summed E-state index contributed by atoms with van der Waals surface area (Å²) in [4.78, 5) is 30.3. The average Bonchev–Trinajstić information content (AvgIpc) is 3.00. The number of carbonyl (C=O) groups is 2. The van der Waals surface area contributed by atoms with E-state index in [0.717, 1.165) is 65.6 Å². The lowest BCUT2D eigenvalue weighted by Gasteiger charge is -2.37. The van der Waals surface area contributed by atoms with Crippen molar-refractivity contribution in [3.63, 3.8) is 0 Å². The van der Waals surface area contributed by atoms with Gasteiger partial charge < -0.3 is 15.0 Å². The summed E-state index contributed by atoms with van der Waals surface area (Å²) in [6.07, 6.45) is 1.13. The molecule has 0 aliphatic carbocycles. The molecule has 7 nitrogen and oxygen atoms in total. The molecule has 1 unspecified atom stereocenters. The number of nitrogens with zero attached hydrogens (tertiary/aromatic N) is 3. The maximum atomic E-state index is 12.3. The number of amides is 2. The quantitative estimate of drug-likeness (QED) is 0.702. The van der Waals surface area contributed by atoms with Gasteiger partial charge in [-0.05, 0) is 6.42 Å². The molecule has 0 bridgehead atoms. The minimum atomic E-state index is -0.285. The van der Waals surface area contributed by atoms with Crippen LogP contribution in [-0.2, 0) is 14.3 Å². The van der Waals surface area contributed by atoms with E-state index >= 15 is 0 Å². The van der Waals surface area contributed by atoms with Crippen LogP contribution in [0.25, 0.3) is 0 Å². The average molecular weight is 310 g/mol. The Kier molecular flexibility index (Phi) is 5.28. The van der Waals surface area contributed by atoms with Crippen molar-refractivity contribution < 1.29 is 14.3 Å². The summed E-state index contributed by atoms with van der Waals surface area (Å²) in [6.45, 7) is 9.28. The van der Waals surface area contributed by atoms with Gasteiger partial charge >= 0.3 is 0 Å². The summed E-state index contributed by atoms with van der Waals surface area (Å²) in [7, 11) is 0. The minimum Gasteiger partial charge on any atom is -0.379 e. The van der Waals surface area contributed by atoms with Gasteiger partial charge in [0.25, 0.3) is 0 Å². The van der Waals surface area contributed by atoms with Crippen molar-refractivity contribution in [3.8, 4) is 0 Å². The van der Waals surface area contributed by atoms with Crippen LogP contribution in [0.2, 0.25) is 0 Å². The van der Waals surface area contributed by atoms with Crippen LogP contribution in [0.4, 0.5) is 0 Å². The fraction of sp³-hybridized carbons (Fsp3) is 0.867. The van der Waals surface area contributed by atoms with E-state index in [4.69, 9.17) is 4.74 Å². The van der Waals surface area contributed by atoms with E-state index in [1.54, 1.807) is 0 Å². The summed E-state index contributed by atoms with van der Waals surface area (Å²) in [5.74, 6) is 0.0983. The van der Waals surface area contributed by atoms with E-state index in [1.807, 2.05) is 4.90 Å². The Morgan fingerprint density at radius 2 is 1.68 bits per heavy atom. The first-order valence-corrected chi connectivity index (χ1v) is 8.33. The number of nitrogens with one attached hydrogen (secondary N) is 1. The molecule has 22 heavy (non-hydrogen) atoms. The van der Waals surface area contributed by atoms with Gasteiger partial charge in [-0.3, -0.25) is 19.4 Å². The fourth-order valence-corrected chi connectivity index (χ4v) is 3.32. The molecule has 3 aliphatic heterocycles. The molecule has 3 fully saturated rings. The Labute approximate surface area is 131 Å². The predicted molar refractivity (Wildman–Crippen MR) is 81.4 cm³/mol. The molecule has 3 rings (SSSR count). The maximum absolute atomic E-state index is 12.3. The predicted octanol–water partition coefficient (Wildman–Crippen LogP) is -1.26. The Morgan fingerprint density at radius 3 is 2.27 bits per heavy atom. The van der Waals surface area contributed by atoms with Crippen LogP contribution in [0, 0.1) is 0 Å². The first-order chi connectivity index (χ1) is 10.7. The number of ether oxygens (including phenoxy) is 1. The Hall–Kier alpha value is -1.18. The number of piperazine rings is 1. The molecule has 1 N–H and O–H groups in total. The highest BCUT2D eigenvalue weighted by Gasteiger charge is 2.32. The molecular weight excluding hydrogens is 284 g/mol. The summed E-state index contributed by atoms with van der Waals surface area (Å²) in [5.41, 5.74) is 0. The maximum Gasteiger partial charge on any atom is 0.245 e. The topological polar surface area (TPSA) is 65.1 Å². The lowest BCUT2D eigenvalue weighted by Crippen LogP contribution is -2.54. The normalized spacial score (nSPS) is 27.9. The highest BCUT2D eigenvalue weighted by atomic mass is 16.5. The molecule has 3 aliphatic rings. The van der Waals surface area contributed by atoms with Crippen LogP contribution in [0.3, 0.4) is 0 Å². The second-order valence-corrected chi connectivity index (χ2v) is 6.28. The highest BCUT2D eigenvalue weighted by Crippen LogP contribution is 2.12. The number of rotatable bonds is 4. The molecule has 3 heterocycles. The van der Waals surface area contributed by atoms with Gasteiger partial charge in [0.2, 0.25) is 11.8 Å². The fourth-order valence-electron chi connectivity index (χ4n) is 3.32. The summed E-state index contributed by atoms with van der Waals surface area (Å²) < 4.78 is 5.36. The first kappa shape index (κ1) is 15.7. The first-order valence-electron chi connectivity index (χ1n) is 8.33. The SMILES string of the molecule is O=C1CCC(C(=O)N2CCN(CCN3CCOCC3)CC2)N1. The van der Waals surface area contributed by atoms with Crippen LogP contribution in [0.15, 0.2) is 0 Å². The largest absolute Gasteiger partial charge is 0.379 e. The summed E-state index contributed by atoms with van der Waals surface area (Å²) >= 11 is 0. The van der Waals surface area contributed by atoms with Gasteiger partial charge in [0.15, 0.2) is 0 Å². The van der Waals surface area contributed by atoms with Gasteiger partial charge in [0, 0.05) is 58.8 Å². The zero-order valence-electron chi connectivity index (χ0n) is 13.1. The number of hydrogen-bond donors (Lipinski definition) is 1. The van der Waals surface area contributed by atoms with Crippen molar-refractivity contribution in [2.45, 2.75) is 18.9 Å². The van der Waals surface area contributed by atoms with Crippen molar-refractivity contribution in [3.05, 3.63) is 0 Å². The van der Waals surface area contributed by atoms with Crippen LogP contribution in [-0.4, -0.2) is 98.1 Å². The molecule has 3 saturated heterocycles. The second-order valence-electron chi connectivity index (χ2n) is 6.28. The van der Waals surface area contributed by atoms with Gasteiger partial charge in [0.1, 0.15) is 6.04 Å². The smallest absolute Gasteiger partial charge is 0.245 e. The Morgan fingerprint density at radius 1 is 1.05 bits per heavy atom. The van der Waals surface area contributed by atoms with E-state index in [-0.39, 0.29) is 17.9 Å². The zero-order chi connectivity index (χ0) is 15.4. The zero-order valence-corrected chi connectivity index (χ0v) is 13.1. The molecule has 7 heteroatoms. The Balaban J connectivity index is 1.36. The summed E-state index contributed by atoms with van der Waals surface area (Å²) in [5, 5.41) is 2.77. The van der Waals surface area contributed by atoms with Gasteiger partial charge in [-0.2, -0.15) is 0 Å². The van der Waals surface area contributed by atoms with Crippen LogP contribution >= 0.6 is 0 Å². The molecule has 2 amide bonds. The molecule has 0 spiro atoms. The molecule has 0 saturated carbocycles. The lowest BCUT2D eigenvalue weighted by molar-refractivity contribution is -0.136. The van der Waals surface area contributed by atoms with Crippen LogP contribution < -0.4 is 5.32 Å². The van der Waals surface area contributed by atoms with E-state index in [1.165, 1.54) is 0 Å². The monoisotopic (exact) mass is 310 g/mol. The molecule has 0 radical (unpaired) electrons. The molecule has 0 aromatic rings. The third kappa shape index (κ3) is 3.97. The van der Waals surface area contributed by atoms with Gasteiger partial charge in [-0.25, -0.2) is 0 Å². The van der Waals surface area contributed by atoms with Gasteiger partial charge in [-0.1, -0.05) is 0 Å². The van der Waals surface area contributed by atoms with Crippen molar-refractivity contribution in [1.82, 2.24) is 20.0 Å². The number of hydrogen-bond acceptors (Lipinski definition) is 5. The highest BCUT2D eigenvalue weighted by molar-refractivity contribution is 5.90. The molecule has 1 atom stereocenters. The molecule has 0 aromatic carbocycles.